The highest BCUT2D eigenvalue weighted by Crippen LogP contribution is 2.22. The Labute approximate surface area is 86.2 Å². The average molecular weight is 204 g/mol. The number of anilines is 1. The van der Waals surface area contributed by atoms with Gasteiger partial charge in [-0.15, -0.1) is 10.2 Å². The van der Waals surface area contributed by atoms with E-state index in [0.717, 1.165) is 5.56 Å². The molecule has 2 rings (SSSR count). The minimum Gasteiger partial charge on any atom is -0.371 e. The van der Waals surface area contributed by atoms with Crippen molar-refractivity contribution in [2.75, 3.05) is 12.4 Å². The van der Waals surface area contributed by atoms with Crippen molar-refractivity contribution >= 4 is 5.82 Å². The van der Waals surface area contributed by atoms with Crippen molar-refractivity contribution in [2.24, 2.45) is 0 Å². The minimum atomic E-state index is -0.276. The van der Waals surface area contributed by atoms with Gasteiger partial charge in [0.25, 0.3) is 0 Å². The standard InChI is InChI=1S/C10H9FN4/c1-12-10-9(15-14-6-13-10)7-2-4-8(11)5-3-7/h2-6H,1H3,(H,12,13,14). The highest BCUT2D eigenvalue weighted by molar-refractivity contribution is 5.70. The maximum absolute atomic E-state index is 12.7. The van der Waals surface area contributed by atoms with Crippen molar-refractivity contribution < 1.29 is 4.39 Å². The maximum atomic E-state index is 12.7. The third-order valence-corrected chi connectivity index (χ3v) is 1.97. The van der Waals surface area contributed by atoms with Crippen molar-refractivity contribution in [3.05, 3.63) is 36.4 Å². The zero-order valence-corrected chi connectivity index (χ0v) is 8.11. The predicted octanol–water partition coefficient (Wildman–Crippen LogP) is 1.72. The van der Waals surface area contributed by atoms with Gasteiger partial charge in [-0.3, -0.25) is 0 Å². The quantitative estimate of drug-likeness (QED) is 0.809. The molecule has 0 fully saturated rings. The van der Waals surface area contributed by atoms with Crippen LogP contribution in [0.2, 0.25) is 0 Å². The van der Waals surface area contributed by atoms with Crippen LogP contribution in [0.3, 0.4) is 0 Å². The molecule has 1 aromatic carbocycles. The zero-order valence-electron chi connectivity index (χ0n) is 8.11. The molecule has 0 bridgehead atoms. The van der Waals surface area contributed by atoms with Crippen LogP contribution in [0.5, 0.6) is 0 Å². The summed E-state index contributed by atoms with van der Waals surface area (Å²) in [5, 5.41) is 10.6. The summed E-state index contributed by atoms with van der Waals surface area (Å²) in [5.41, 5.74) is 1.39. The molecular weight excluding hydrogens is 195 g/mol. The third kappa shape index (κ3) is 1.90. The van der Waals surface area contributed by atoms with Crippen molar-refractivity contribution in [1.29, 1.82) is 0 Å². The Morgan fingerprint density at radius 1 is 1.20 bits per heavy atom. The molecule has 0 aliphatic carbocycles. The van der Waals surface area contributed by atoms with Gasteiger partial charge in [-0.2, -0.15) is 0 Å². The summed E-state index contributed by atoms with van der Waals surface area (Å²) >= 11 is 0. The van der Waals surface area contributed by atoms with E-state index < -0.39 is 0 Å². The van der Waals surface area contributed by atoms with Gasteiger partial charge in [0.1, 0.15) is 17.8 Å². The monoisotopic (exact) mass is 204 g/mol. The van der Waals surface area contributed by atoms with Gasteiger partial charge >= 0.3 is 0 Å². The molecule has 1 N–H and O–H groups in total. The fourth-order valence-electron chi connectivity index (χ4n) is 1.26. The molecule has 0 radical (unpaired) electrons. The van der Waals surface area contributed by atoms with Crippen molar-refractivity contribution in [2.45, 2.75) is 0 Å². The number of hydrogen-bond acceptors (Lipinski definition) is 4. The number of halogens is 1. The van der Waals surface area contributed by atoms with Gasteiger partial charge in [-0.1, -0.05) is 0 Å². The van der Waals surface area contributed by atoms with Crippen LogP contribution in [-0.4, -0.2) is 22.2 Å². The minimum absolute atomic E-state index is 0.276. The van der Waals surface area contributed by atoms with E-state index in [0.29, 0.717) is 11.5 Å². The van der Waals surface area contributed by atoms with Crippen LogP contribution in [-0.2, 0) is 0 Å². The summed E-state index contributed by atoms with van der Waals surface area (Å²) in [6, 6.07) is 6.04. The normalized spacial score (nSPS) is 10.0. The Hall–Kier alpha value is -2.04. The van der Waals surface area contributed by atoms with E-state index in [4.69, 9.17) is 0 Å². The van der Waals surface area contributed by atoms with E-state index in [2.05, 4.69) is 20.5 Å². The molecule has 2 aromatic rings. The van der Waals surface area contributed by atoms with E-state index >= 15 is 0 Å². The lowest BCUT2D eigenvalue weighted by Crippen LogP contribution is -1.99. The van der Waals surface area contributed by atoms with Crippen LogP contribution in [0.4, 0.5) is 10.2 Å². The summed E-state index contributed by atoms with van der Waals surface area (Å²) in [7, 11) is 1.75. The molecule has 0 saturated carbocycles. The molecule has 0 aliphatic rings. The molecule has 4 nitrogen and oxygen atoms in total. The van der Waals surface area contributed by atoms with Crippen LogP contribution < -0.4 is 5.32 Å². The molecule has 0 amide bonds. The summed E-state index contributed by atoms with van der Waals surface area (Å²) in [6.07, 6.45) is 1.36. The largest absolute Gasteiger partial charge is 0.371 e. The van der Waals surface area contributed by atoms with E-state index in [1.165, 1.54) is 18.5 Å². The van der Waals surface area contributed by atoms with Crippen LogP contribution in [0.15, 0.2) is 30.6 Å². The van der Waals surface area contributed by atoms with E-state index in [1.54, 1.807) is 19.2 Å². The maximum Gasteiger partial charge on any atom is 0.156 e. The average Bonchev–Trinajstić information content (AvgIpc) is 2.30. The first kappa shape index (κ1) is 9.51. The first-order valence-electron chi connectivity index (χ1n) is 4.42. The number of nitrogens with one attached hydrogen (secondary N) is 1. The van der Waals surface area contributed by atoms with Crippen LogP contribution in [0.1, 0.15) is 0 Å². The Morgan fingerprint density at radius 2 is 1.93 bits per heavy atom. The number of benzene rings is 1. The number of nitrogens with zero attached hydrogens (tertiary/aromatic N) is 3. The first-order chi connectivity index (χ1) is 7.31. The topological polar surface area (TPSA) is 50.7 Å². The molecule has 0 atom stereocenters. The van der Waals surface area contributed by atoms with Gasteiger partial charge < -0.3 is 5.32 Å². The molecular formula is C10H9FN4. The van der Waals surface area contributed by atoms with E-state index in [1.807, 2.05) is 0 Å². The molecule has 1 aromatic heterocycles. The highest BCUT2D eigenvalue weighted by atomic mass is 19.1. The molecule has 0 unspecified atom stereocenters. The lowest BCUT2D eigenvalue weighted by Gasteiger charge is -2.04. The second kappa shape index (κ2) is 4.00. The van der Waals surface area contributed by atoms with Crippen molar-refractivity contribution in [3.8, 4) is 11.3 Å². The smallest absolute Gasteiger partial charge is 0.156 e. The van der Waals surface area contributed by atoms with Gasteiger partial charge in [0.15, 0.2) is 5.82 Å². The number of hydrogen-bond donors (Lipinski definition) is 1. The molecule has 15 heavy (non-hydrogen) atoms. The molecule has 5 heteroatoms. The van der Waals surface area contributed by atoms with Crippen LogP contribution in [0.25, 0.3) is 11.3 Å². The number of rotatable bonds is 2. The van der Waals surface area contributed by atoms with Crippen LogP contribution >= 0.6 is 0 Å². The van der Waals surface area contributed by atoms with E-state index in [-0.39, 0.29) is 5.82 Å². The fourth-order valence-corrected chi connectivity index (χ4v) is 1.26. The Bertz CT molecular complexity index is 455. The van der Waals surface area contributed by atoms with Gasteiger partial charge in [0.2, 0.25) is 0 Å². The summed E-state index contributed by atoms with van der Waals surface area (Å²) in [6.45, 7) is 0. The zero-order chi connectivity index (χ0) is 10.7. The molecule has 0 spiro atoms. The highest BCUT2D eigenvalue weighted by Gasteiger charge is 2.06. The predicted molar refractivity (Wildman–Crippen MR) is 54.8 cm³/mol. The molecule has 76 valence electrons. The van der Waals surface area contributed by atoms with E-state index in [9.17, 15) is 4.39 Å². The van der Waals surface area contributed by atoms with Gasteiger partial charge in [-0.05, 0) is 24.3 Å². The van der Waals surface area contributed by atoms with Gasteiger partial charge in [0, 0.05) is 12.6 Å². The van der Waals surface area contributed by atoms with Crippen molar-refractivity contribution in [1.82, 2.24) is 15.2 Å². The second-order valence-corrected chi connectivity index (χ2v) is 2.91. The lowest BCUT2D eigenvalue weighted by atomic mass is 10.1. The van der Waals surface area contributed by atoms with Gasteiger partial charge in [-0.25, -0.2) is 9.37 Å². The SMILES string of the molecule is CNc1ncnnc1-c1ccc(F)cc1. The van der Waals surface area contributed by atoms with Crippen molar-refractivity contribution in [3.63, 3.8) is 0 Å². The molecule has 1 heterocycles. The Kier molecular flexibility index (Phi) is 2.53. The summed E-state index contributed by atoms with van der Waals surface area (Å²) in [5.74, 6) is 0.346. The Balaban J connectivity index is 2.49. The summed E-state index contributed by atoms with van der Waals surface area (Å²) < 4.78 is 12.7. The first-order valence-corrected chi connectivity index (χ1v) is 4.42. The lowest BCUT2D eigenvalue weighted by molar-refractivity contribution is 0.628. The number of aromatic nitrogens is 3. The third-order valence-electron chi connectivity index (χ3n) is 1.97. The molecule has 0 aliphatic heterocycles. The van der Waals surface area contributed by atoms with Crippen LogP contribution in [0, 0.1) is 5.82 Å². The second-order valence-electron chi connectivity index (χ2n) is 2.91. The molecule has 0 saturated heterocycles. The van der Waals surface area contributed by atoms with Gasteiger partial charge in [0.05, 0.1) is 0 Å². The fraction of sp³-hybridized carbons (Fsp3) is 0.100. The summed E-state index contributed by atoms with van der Waals surface area (Å²) in [4.78, 5) is 4.02. The Morgan fingerprint density at radius 3 is 2.60 bits per heavy atom.